The van der Waals surface area contributed by atoms with Gasteiger partial charge in [0, 0.05) is 19.5 Å². The Balaban J connectivity index is 1.88. The average Bonchev–Trinajstić information content (AvgIpc) is 2.98. The van der Waals surface area contributed by atoms with Crippen LogP contribution in [0.4, 0.5) is 0 Å². The van der Waals surface area contributed by atoms with E-state index in [1.807, 2.05) is 35.9 Å². The zero-order valence-electron chi connectivity index (χ0n) is 10.5. The number of carbonyl (C=O) groups excluding carboxylic acids is 1. The Hall–Kier alpha value is -1.68. The number of benzene rings is 1. The number of Topliss-reactive ketones (excluding diaryl/α,β-unsaturated/α-hetero) is 1. The van der Waals surface area contributed by atoms with Gasteiger partial charge in [-0.25, -0.2) is 4.98 Å². The van der Waals surface area contributed by atoms with E-state index < -0.39 is 0 Å². The first-order chi connectivity index (χ1) is 8.75. The van der Waals surface area contributed by atoms with Crippen LogP contribution in [0.1, 0.15) is 29.9 Å². The van der Waals surface area contributed by atoms with Gasteiger partial charge < -0.3 is 9.88 Å². The van der Waals surface area contributed by atoms with Gasteiger partial charge in [-0.15, -0.1) is 0 Å². The summed E-state index contributed by atoms with van der Waals surface area (Å²) in [4.78, 5) is 16.7. The summed E-state index contributed by atoms with van der Waals surface area (Å²) in [5.41, 5.74) is 1.91. The van der Waals surface area contributed by atoms with Gasteiger partial charge in [0.15, 0.2) is 11.6 Å². The van der Waals surface area contributed by atoms with Crippen LogP contribution in [0.25, 0.3) is 11.0 Å². The normalized spacial score (nSPS) is 19.5. The molecule has 1 aliphatic rings. The standard InChI is InChI=1S/C14H17N3O/c1-17-12-7-3-2-6-11(12)16-14(17)13(18)9-10-5-4-8-15-10/h2-3,6-7,10,15H,4-5,8-9H2,1H3. The summed E-state index contributed by atoms with van der Waals surface area (Å²) in [6, 6.07) is 8.18. The number of ketones is 1. The Kier molecular flexibility index (Phi) is 2.88. The third kappa shape index (κ3) is 1.93. The molecule has 1 aromatic heterocycles. The molecule has 0 bridgehead atoms. The molecule has 1 aromatic carbocycles. The summed E-state index contributed by atoms with van der Waals surface area (Å²) in [7, 11) is 1.91. The number of rotatable bonds is 3. The molecule has 0 amide bonds. The monoisotopic (exact) mass is 243 g/mol. The molecule has 18 heavy (non-hydrogen) atoms. The number of nitrogens with one attached hydrogen (secondary N) is 1. The van der Waals surface area contributed by atoms with Crippen molar-refractivity contribution >= 4 is 16.8 Å². The number of hydrogen-bond acceptors (Lipinski definition) is 3. The van der Waals surface area contributed by atoms with Gasteiger partial charge in [-0.1, -0.05) is 12.1 Å². The average molecular weight is 243 g/mol. The predicted octanol–water partition coefficient (Wildman–Crippen LogP) is 1.90. The first-order valence-corrected chi connectivity index (χ1v) is 6.44. The SMILES string of the molecule is Cn1c(C(=O)CC2CCCN2)nc2ccccc21. The fraction of sp³-hybridized carbons (Fsp3) is 0.429. The lowest BCUT2D eigenvalue weighted by atomic mass is 10.1. The van der Waals surface area contributed by atoms with Crippen molar-refractivity contribution in [2.75, 3.05) is 6.54 Å². The maximum absolute atomic E-state index is 12.3. The highest BCUT2D eigenvalue weighted by atomic mass is 16.1. The number of carbonyl (C=O) groups is 1. The van der Waals surface area contributed by atoms with E-state index in [-0.39, 0.29) is 5.78 Å². The van der Waals surface area contributed by atoms with Crippen LogP contribution in [-0.4, -0.2) is 27.9 Å². The molecule has 3 rings (SSSR count). The van der Waals surface area contributed by atoms with Crippen molar-refractivity contribution in [3.05, 3.63) is 30.1 Å². The van der Waals surface area contributed by atoms with Crippen LogP contribution in [0.5, 0.6) is 0 Å². The fourth-order valence-electron chi connectivity index (χ4n) is 2.64. The molecule has 1 saturated heterocycles. The van der Waals surface area contributed by atoms with Gasteiger partial charge in [-0.05, 0) is 31.5 Å². The molecule has 1 aliphatic heterocycles. The Labute approximate surface area is 106 Å². The predicted molar refractivity (Wildman–Crippen MR) is 70.7 cm³/mol. The van der Waals surface area contributed by atoms with E-state index in [0.29, 0.717) is 18.3 Å². The van der Waals surface area contributed by atoms with Crippen LogP contribution in [0.15, 0.2) is 24.3 Å². The highest BCUT2D eigenvalue weighted by Crippen LogP contribution is 2.17. The third-order valence-electron chi connectivity index (χ3n) is 3.63. The molecule has 1 unspecified atom stereocenters. The first-order valence-electron chi connectivity index (χ1n) is 6.44. The minimum Gasteiger partial charge on any atom is -0.325 e. The first kappa shape index (κ1) is 11.4. The lowest BCUT2D eigenvalue weighted by Crippen LogP contribution is -2.25. The van der Waals surface area contributed by atoms with E-state index in [9.17, 15) is 4.79 Å². The smallest absolute Gasteiger partial charge is 0.199 e. The maximum atomic E-state index is 12.3. The summed E-state index contributed by atoms with van der Waals surface area (Å²) in [6.45, 7) is 1.03. The van der Waals surface area contributed by atoms with Gasteiger partial charge in [0.1, 0.15) is 0 Å². The molecular formula is C14H17N3O. The van der Waals surface area contributed by atoms with Crippen LogP contribution < -0.4 is 5.32 Å². The molecule has 0 radical (unpaired) electrons. The number of aryl methyl sites for hydroxylation is 1. The van der Waals surface area contributed by atoms with E-state index >= 15 is 0 Å². The number of para-hydroxylation sites is 2. The highest BCUT2D eigenvalue weighted by Gasteiger charge is 2.21. The van der Waals surface area contributed by atoms with Gasteiger partial charge in [0.2, 0.25) is 0 Å². The lowest BCUT2D eigenvalue weighted by Gasteiger charge is -2.08. The number of nitrogens with zero attached hydrogens (tertiary/aromatic N) is 2. The highest BCUT2D eigenvalue weighted by molar-refractivity contribution is 5.96. The number of hydrogen-bond donors (Lipinski definition) is 1. The van der Waals surface area contributed by atoms with Crippen LogP contribution in [0.3, 0.4) is 0 Å². The summed E-state index contributed by atoms with van der Waals surface area (Å²) >= 11 is 0. The van der Waals surface area contributed by atoms with Crippen LogP contribution in [0.2, 0.25) is 0 Å². The topological polar surface area (TPSA) is 46.9 Å². The maximum Gasteiger partial charge on any atom is 0.199 e. The molecule has 1 atom stereocenters. The molecule has 1 N–H and O–H groups in total. The molecule has 2 aromatic rings. The number of aromatic nitrogens is 2. The summed E-state index contributed by atoms with van der Waals surface area (Å²) in [5, 5.41) is 3.35. The molecule has 1 fully saturated rings. The fourth-order valence-corrected chi connectivity index (χ4v) is 2.64. The largest absolute Gasteiger partial charge is 0.325 e. The second-order valence-corrected chi connectivity index (χ2v) is 4.90. The van der Waals surface area contributed by atoms with Gasteiger partial charge >= 0.3 is 0 Å². The molecule has 94 valence electrons. The van der Waals surface area contributed by atoms with Crippen molar-refractivity contribution in [3.8, 4) is 0 Å². The van der Waals surface area contributed by atoms with Crippen molar-refractivity contribution in [3.63, 3.8) is 0 Å². The Morgan fingerprint density at radius 3 is 3.06 bits per heavy atom. The zero-order valence-corrected chi connectivity index (χ0v) is 10.5. The zero-order chi connectivity index (χ0) is 12.5. The van der Waals surface area contributed by atoms with E-state index in [1.54, 1.807) is 0 Å². The molecule has 2 heterocycles. The van der Waals surface area contributed by atoms with E-state index in [0.717, 1.165) is 24.0 Å². The van der Waals surface area contributed by atoms with Crippen molar-refractivity contribution in [2.24, 2.45) is 7.05 Å². The van der Waals surface area contributed by atoms with Crippen molar-refractivity contribution in [2.45, 2.75) is 25.3 Å². The summed E-state index contributed by atoms with van der Waals surface area (Å²) in [6.07, 6.45) is 2.81. The quantitative estimate of drug-likeness (QED) is 0.837. The van der Waals surface area contributed by atoms with Crippen molar-refractivity contribution in [1.29, 1.82) is 0 Å². The van der Waals surface area contributed by atoms with E-state index in [4.69, 9.17) is 0 Å². The van der Waals surface area contributed by atoms with Gasteiger partial charge in [0.05, 0.1) is 11.0 Å². The molecule has 0 aliphatic carbocycles. The second kappa shape index (κ2) is 4.53. The number of fused-ring (bicyclic) bond motifs is 1. The minimum atomic E-state index is 0.132. The Morgan fingerprint density at radius 2 is 2.33 bits per heavy atom. The van der Waals surface area contributed by atoms with Gasteiger partial charge in [-0.3, -0.25) is 4.79 Å². The molecular weight excluding hydrogens is 226 g/mol. The molecule has 4 heteroatoms. The van der Waals surface area contributed by atoms with Crippen molar-refractivity contribution < 1.29 is 4.79 Å². The van der Waals surface area contributed by atoms with E-state index in [1.165, 1.54) is 6.42 Å². The third-order valence-corrected chi connectivity index (χ3v) is 3.63. The molecule has 0 saturated carbocycles. The van der Waals surface area contributed by atoms with Gasteiger partial charge in [-0.2, -0.15) is 0 Å². The summed E-state index contributed by atoms with van der Waals surface area (Å²) < 4.78 is 1.90. The Morgan fingerprint density at radius 1 is 1.50 bits per heavy atom. The summed E-state index contributed by atoms with van der Waals surface area (Å²) in [5.74, 6) is 0.706. The van der Waals surface area contributed by atoms with Crippen LogP contribution in [0, 0.1) is 0 Å². The lowest BCUT2D eigenvalue weighted by molar-refractivity contribution is 0.0959. The van der Waals surface area contributed by atoms with E-state index in [2.05, 4.69) is 10.3 Å². The van der Waals surface area contributed by atoms with Crippen LogP contribution in [-0.2, 0) is 7.05 Å². The van der Waals surface area contributed by atoms with Gasteiger partial charge in [0.25, 0.3) is 0 Å². The minimum absolute atomic E-state index is 0.132. The van der Waals surface area contributed by atoms with Crippen molar-refractivity contribution in [1.82, 2.24) is 14.9 Å². The molecule has 4 nitrogen and oxygen atoms in total. The molecule has 0 spiro atoms. The Bertz CT molecular complexity index is 582. The van der Waals surface area contributed by atoms with Crippen LogP contribution >= 0.6 is 0 Å². The number of imidazole rings is 1. The second-order valence-electron chi connectivity index (χ2n) is 4.90.